The first-order chi connectivity index (χ1) is 12.0. The molecule has 0 atom stereocenters. The molecule has 0 aliphatic carbocycles. The first kappa shape index (κ1) is 16.9. The molecule has 0 radical (unpaired) electrons. The molecule has 0 bridgehead atoms. The number of hydrogen-bond acceptors (Lipinski definition) is 4. The van der Waals surface area contributed by atoms with Crippen LogP contribution in [0, 0.1) is 0 Å². The maximum absolute atomic E-state index is 12.5. The number of imide groups is 1. The summed E-state index contributed by atoms with van der Waals surface area (Å²) in [5.41, 5.74) is 1.09. The molecule has 6 nitrogen and oxygen atoms in total. The Morgan fingerprint density at radius 3 is 2.56 bits per heavy atom. The van der Waals surface area contributed by atoms with Gasteiger partial charge in [0.2, 0.25) is 0 Å². The summed E-state index contributed by atoms with van der Waals surface area (Å²) in [7, 11) is 0. The van der Waals surface area contributed by atoms with Crippen molar-refractivity contribution in [2.24, 2.45) is 0 Å². The van der Waals surface area contributed by atoms with Crippen molar-refractivity contribution in [3.63, 3.8) is 0 Å². The summed E-state index contributed by atoms with van der Waals surface area (Å²) < 4.78 is 5.26. The van der Waals surface area contributed by atoms with E-state index in [9.17, 15) is 14.7 Å². The number of rotatable bonds is 4. The SMILES string of the molecule is CCOc1ccc(/C=C2/NC(=O)N(c3ccc(Cl)cc3)C2=O)cc1O. The van der Waals surface area contributed by atoms with Crippen LogP contribution in [0.25, 0.3) is 6.08 Å². The predicted molar refractivity (Wildman–Crippen MR) is 94.7 cm³/mol. The number of carbonyl (C=O) groups is 2. The number of hydrogen-bond donors (Lipinski definition) is 2. The maximum atomic E-state index is 12.5. The van der Waals surface area contributed by atoms with E-state index >= 15 is 0 Å². The van der Waals surface area contributed by atoms with Crippen molar-refractivity contribution in [3.8, 4) is 11.5 Å². The number of urea groups is 1. The molecule has 7 heteroatoms. The topological polar surface area (TPSA) is 78.9 Å². The molecule has 0 saturated carbocycles. The van der Waals surface area contributed by atoms with Gasteiger partial charge in [-0.3, -0.25) is 4.79 Å². The van der Waals surface area contributed by atoms with Crippen molar-refractivity contribution >= 4 is 35.3 Å². The average Bonchev–Trinajstić information content (AvgIpc) is 2.85. The van der Waals surface area contributed by atoms with E-state index in [1.54, 1.807) is 36.4 Å². The monoisotopic (exact) mass is 358 g/mol. The van der Waals surface area contributed by atoms with Crippen molar-refractivity contribution in [1.29, 1.82) is 0 Å². The van der Waals surface area contributed by atoms with Crippen LogP contribution in [0.2, 0.25) is 5.02 Å². The number of nitrogens with one attached hydrogen (secondary N) is 1. The van der Waals surface area contributed by atoms with Crippen LogP contribution in [0.3, 0.4) is 0 Å². The molecule has 1 heterocycles. The molecule has 25 heavy (non-hydrogen) atoms. The van der Waals surface area contributed by atoms with Gasteiger partial charge in [-0.05, 0) is 55.0 Å². The van der Waals surface area contributed by atoms with Crippen LogP contribution in [-0.2, 0) is 4.79 Å². The molecule has 1 aliphatic heterocycles. The molecule has 0 unspecified atom stereocenters. The number of anilines is 1. The van der Waals surface area contributed by atoms with Crippen molar-refractivity contribution in [2.75, 3.05) is 11.5 Å². The fraction of sp³-hybridized carbons (Fsp3) is 0.111. The Bertz CT molecular complexity index is 862. The van der Waals surface area contributed by atoms with E-state index in [-0.39, 0.29) is 11.4 Å². The van der Waals surface area contributed by atoms with Gasteiger partial charge in [-0.1, -0.05) is 17.7 Å². The number of carbonyl (C=O) groups excluding carboxylic acids is 2. The van der Waals surface area contributed by atoms with Gasteiger partial charge in [0, 0.05) is 5.02 Å². The molecule has 0 spiro atoms. The van der Waals surface area contributed by atoms with Crippen LogP contribution in [-0.4, -0.2) is 23.7 Å². The van der Waals surface area contributed by atoms with Crippen LogP contribution >= 0.6 is 11.6 Å². The summed E-state index contributed by atoms with van der Waals surface area (Å²) >= 11 is 5.83. The summed E-state index contributed by atoms with van der Waals surface area (Å²) in [6.45, 7) is 2.24. The molecule has 2 N–H and O–H groups in total. The standard InChI is InChI=1S/C18H15ClN2O4/c1-2-25-16-8-3-11(10-15(16)22)9-14-17(23)21(18(24)20-14)13-6-4-12(19)5-7-13/h3-10,22H,2H2,1H3,(H,20,24)/b14-9+. The zero-order chi connectivity index (χ0) is 18.0. The summed E-state index contributed by atoms with van der Waals surface area (Å²) in [5, 5.41) is 13.0. The number of phenols is 1. The minimum atomic E-state index is -0.547. The molecule has 1 aliphatic rings. The van der Waals surface area contributed by atoms with Gasteiger partial charge in [-0.25, -0.2) is 9.69 Å². The molecule has 0 aromatic heterocycles. The Morgan fingerprint density at radius 2 is 1.92 bits per heavy atom. The van der Waals surface area contributed by atoms with E-state index in [0.29, 0.717) is 28.6 Å². The van der Waals surface area contributed by atoms with Crippen molar-refractivity contribution < 1.29 is 19.4 Å². The summed E-state index contributed by atoms with van der Waals surface area (Å²) in [6.07, 6.45) is 1.49. The number of benzene rings is 2. The summed E-state index contributed by atoms with van der Waals surface area (Å²) in [6, 6.07) is 10.6. The highest BCUT2D eigenvalue weighted by molar-refractivity contribution is 6.31. The van der Waals surface area contributed by atoms with Crippen molar-refractivity contribution in [1.82, 2.24) is 5.32 Å². The van der Waals surface area contributed by atoms with Crippen LogP contribution in [0.5, 0.6) is 11.5 Å². The molecular formula is C18H15ClN2O4. The lowest BCUT2D eigenvalue weighted by atomic mass is 10.1. The second-order valence-electron chi connectivity index (χ2n) is 5.27. The van der Waals surface area contributed by atoms with Crippen LogP contribution in [0.1, 0.15) is 12.5 Å². The van der Waals surface area contributed by atoms with E-state index in [1.807, 2.05) is 6.92 Å². The second-order valence-corrected chi connectivity index (χ2v) is 5.70. The fourth-order valence-corrected chi connectivity index (χ4v) is 2.55. The lowest BCUT2D eigenvalue weighted by Gasteiger charge is -2.11. The minimum absolute atomic E-state index is 0.0393. The first-order valence-electron chi connectivity index (χ1n) is 7.58. The first-order valence-corrected chi connectivity index (χ1v) is 7.96. The van der Waals surface area contributed by atoms with Gasteiger partial charge in [-0.15, -0.1) is 0 Å². The molecule has 3 rings (SSSR count). The normalized spacial score (nSPS) is 15.6. The van der Waals surface area contributed by atoms with Gasteiger partial charge >= 0.3 is 6.03 Å². The quantitative estimate of drug-likeness (QED) is 0.647. The van der Waals surface area contributed by atoms with Crippen LogP contribution in [0.15, 0.2) is 48.2 Å². The number of ether oxygens (including phenoxy) is 1. The average molecular weight is 359 g/mol. The third kappa shape index (κ3) is 3.44. The number of phenolic OH excluding ortho intramolecular Hbond substituents is 1. The Hall–Kier alpha value is -2.99. The Morgan fingerprint density at radius 1 is 1.20 bits per heavy atom. The van der Waals surface area contributed by atoms with Crippen LogP contribution < -0.4 is 15.0 Å². The van der Waals surface area contributed by atoms with Crippen molar-refractivity contribution in [3.05, 3.63) is 58.7 Å². The van der Waals surface area contributed by atoms with E-state index in [0.717, 1.165) is 4.90 Å². The number of nitrogens with zero attached hydrogens (tertiary/aromatic N) is 1. The smallest absolute Gasteiger partial charge is 0.333 e. The van der Waals surface area contributed by atoms with E-state index < -0.39 is 11.9 Å². The molecule has 3 amide bonds. The second kappa shape index (κ2) is 6.86. The molecule has 1 saturated heterocycles. The Kier molecular flexibility index (Phi) is 4.63. The summed E-state index contributed by atoms with van der Waals surface area (Å²) in [5.74, 6) is -0.169. The van der Waals surface area contributed by atoms with Gasteiger partial charge in [0.1, 0.15) is 5.70 Å². The lowest BCUT2D eigenvalue weighted by molar-refractivity contribution is -0.113. The van der Waals surface area contributed by atoms with Gasteiger partial charge in [0.05, 0.1) is 12.3 Å². The highest BCUT2D eigenvalue weighted by Gasteiger charge is 2.34. The number of aromatic hydroxyl groups is 1. The largest absolute Gasteiger partial charge is 0.504 e. The third-order valence-corrected chi connectivity index (χ3v) is 3.81. The fourth-order valence-electron chi connectivity index (χ4n) is 2.43. The van der Waals surface area contributed by atoms with Gasteiger partial charge in [0.15, 0.2) is 11.5 Å². The Balaban J connectivity index is 1.87. The van der Waals surface area contributed by atoms with E-state index in [4.69, 9.17) is 16.3 Å². The van der Waals surface area contributed by atoms with Gasteiger partial charge in [0.25, 0.3) is 5.91 Å². The predicted octanol–water partition coefficient (Wildman–Crippen LogP) is 3.54. The van der Waals surface area contributed by atoms with Gasteiger partial charge < -0.3 is 15.2 Å². The van der Waals surface area contributed by atoms with Crippen LogP contribution in [0.4, 0.5) is 10.5 Å². The highest BCUT2D eigenvalue weighted by atomic mass is 35.5. The highest BCUT2D eigenvalue weighted by Crippen LogP contribution is 2.29. The molecule has 2 aromatic rings. The number of amides is 3. The minimum Gasteiger partial charge on any atom is -0.504 e. The molecule has 1 fully saturated rings. The molecule has 128 valence electrons. The zero-order valence-corrected chi connectivity index (χ0v) is 14.1. The Labute approximate surface area is 149 Å². The summed E-state index contributed by atoms with van der Waals surface area (Å²) in [4.78, 5) is 25.7. The van der Waals surface area contributed by atoms with E-state index in [2.05, 4.69) is 5.32 Å². The number of halogens is 1. The lowest BCUT2D eigenvalue weighted by Crippen LogP contribution is -2.30. The maximum Gasteiger partial charge on any atom is 0.333 e. The third-order valence-electron chi connectivity index (χ3n) is 3.56. The van der Waals surface area contributed by atoms with E-state index in [1.165, 1.54) is 12.1 Å². The van der Waals surface area contributed by atoms with Gasteiger partial charge in [-0.2, -0.15) is 0 Å². The molecule has 2 aromatic carbocycles. The zero-order valence-electron chi connectivity index (χ0n) is 13.3. The molecular weight excluding hydrogens is 344 g/mol. The van der Waals surface area contributed by atoms with Crippen molar-refractivity contribution in [2.45, 2.75) is 6.92 Å².